The molecule has 0 saturated heterocycles. The number of halogens is 1. The van der Waals surface area contributed by atoms with Crippen molar-refractivity contribution in [1.29, 1.82) is 0 Å². The number of benzene rings is 1. The quantitative estimate of drug-likeness (QED) is 0.531. The lowest BCUT2D eigenvalue weighted by Crippen LogP contribution is -2.25. The van der Waals surface area contributed by atoms with Crippen LogP contribution in [0.1, 0.15) is 41.5 Å². The predicted octanol–water partition coefficient (Wildman–Crippen LogP) is 4.78. The first-order valence-corrected chi connectivity index (χ1v) is 9.87. The van der Waals surface area contributed by atoms with Gasteiger partial charge in [0.15, 0.2) is 5.78 Å². The Morgan fingerprint density at radius 3 is 2.47 bits per heavy atom. The number of anilines is 1. The number of aryl methyl sites for hydroxylation is 2. The van der Waals surface area contributed by atoms with Gasteiger partial charge in [-0.2, -0.15) is 0 Å². The molecule has 0 radical (unpaired) electrons. The number of aromatic nitrogens is 2. The highest BCUT2D eigenvalue weighted by Gasteiger charge is 2.15. The molecule has 3 rings (SSSR count). The molecule has 0 spiro atoms. The topological polar surface area (TPSA) is 63.2 Å². The molecule has 0 aliphatic rings. The van der Waals surface area contributed by atoms with E-state index >= 15 is 0 Å². The van der Waals surface area contributed by atoms with Gasteiger partial charge in [0, 0.05) is 43.5 Å². The van der Waals surface area contributed by atoms with E-state index in [4.69, 9.17) is 0 Å². The molecule has 0 aliphatic heterocycles. The van der Waals surface area contributed by atoms with Crippen molar-refractivity contribution in [3.8, 4) is 11.1 Å². The standard InChI is InChI=1S/C24H24FN3O2/c1-4-24(30)28(3)22-11-8-18(14-20(22)25)19-7-10-21(27-15-19)23(29)12-9-17-6-5-13-26-16(17)2/h5-8,10-11,13-15H,4,9,12H2,1-3H3. The van der Waals surface area contributed by atoms with Crippen LogP contribution in [0.2, 0.25) is 0 Å². The number of nitrogens with zero attached hydrogens (tertiary/aromatic N) is 3. The summed E-state index contributed by atoms with van der Waals surface area (Å²) in [7, 11) is 1.55. The average molecular weight is 405 g/mol. The van der Waals surface area contributed by atoms with E-state index in [0.717, 1.165) is 11.3 Å². The van der Waals surface area contributed by atoms with E-state index < -0.39 is 5.82 Å². The van der Waals surface area contributed by atoms with Crippen molar-refractivity contribution >= 4 is 17.4 Å². The Labute approximate surface area is 175 Å². The number of carbonyl (C=O) groups excluding carboxylic acids is 2. The fourth-order valence-electron chi connectivity index (χ4n) is 3.22. The van der Waals surface area contributed by atoms with E-state index in [0.29, 0.717) is 36.1 Å². The Kier molecular flexibility index (Phi) is 6.67. The summed E-state index contributed by atoms with van der Waals surface area (Å²) in [5.74, 6) is -0.692. The van der Waals surface area contributed by atoms with Crippen LogP contribution in [-0.2, 0) is 11.2 Å². The zero-order valence-electron chi connectivity index (χ0n) is 17.4. The summed E-state index contributed by atoms with van der Waals surface area (Å²) in [6, 6.07) is 11.9. The maximum absolute atomic E-state index is 14.5. The number of Topliss-reactive ketones (excluding diaryl/α,β-unsaturated/α-hetero) is 1. The second kappa shape index (κ2) is 9.39. The van der Waals surface area contributed by atoms with Crippen LogP contribution in [0.4, 0.5) is 10.1 Å². The Morgan fingerprint density at radius 2 is 1.83 bits per heavy atom. The minimum Gasteiger partial charge on any atom is -0.313 e. The summed E-state index contributed by atoms with van der Waals surface area (Å²) in [6.45, 7) is 3.66. The Bertz CT molecular complexity index is 1060. The largest absolute Gasteiger partial charge is 0.313 e. The van der Waals surface area contributed by atoms with Gasteiger partial charge in [-0.05, 0) is 48.7 Å². The number of rotatable bonds is 7. The number of amides is 1. The minimum absolute atomic E-state index is 0.0500. The number of pyridine rings is 2. The molecule has 0 saturated carbocycles. The first-order chi connectivity index (χ1) is 14.4. The van der Waals surface area contributed by atoms with Crippen molar-refractivity contribution in [3.63, 3.8) is 0 Å². The highest BCUT2D eigenvalue weighted by molar-refractivity contribution is 5.95. The molecule has 0 aliphatic carbocycles. The van der Waals surface area contributed by atoms with E-state index in [-0.39, 0.29) is 17.4 Å². The highest BCUT2D eigenvalue weighted by Crippen LogP contribution is 2.26. The normalized spacial score (nSPS) is 10.7. The van der Waals surface area contributed by atoms with Gasteiger partial charge in [0.25, 0.3) is 0 Å². The second-order valence-electron chi connectivity index (χ2n) is 7.08. The molecule has 0 N–H and O–H groups in total. The van der Waals surface area contributed by atoms with Gasteiger partial charge in [0.2, 0.25) is 5.91 Å². The lowest BCUT2D eigenvalue weighted by atomic mass is 10.0. The van der Waals surface area contributed by atoms with E-state index in [9.17, 15) is 14.0 Å². The number of carbonyl (C=O) groups is 2. The van der Waals surface area contributed by atoms with Crippen LogP contribution in [-0.4, -0.2) is 28.7 Å². The third-order valence-electron chi connectivity index (χ3n) is 5.11. The minimum atomic E-state index is -0.483. The first-order valence-electron chi connectivity index (χ1n) is 9.87. The monoisotopic (exact) mass is 405 g/mol. The Hall–Kier alpha value is -3.41. The molecule has 0 bridgehead atoms. The van der Waals surface area contributed by atoms with Gasteiger partial charge in [0.05, 0.1) is 5.69 Å². The molecule has 30 heavy (non-hydrogen) atoms. The van der Waals surface area contributed by atoms with Crippen molar-refractivity contribution in [2.45, 2.75) is 33.1 Å². The number of ketones is 1. The molecular weight excluding hydrogens is 381 g/mol. The molecule has 5 nitrogen and oxygen atoms in total. The van der Waals surface area contributed by atoms with Crippen molar-refractivity contribution < 1.29 is 14.0 Å². The fourth-order valence-corrected chi connectivity index (χ4v) is 3.22. The van der Waals surface area contributed by atoms with Gasteiger partial charge in [-0.15, -0.1) is 0 Å². The molecule has 1 aromatic carbocycles. The zero-order valence-corrected chi connectivity index (χ0v) is 17.4. The molecule has 3 aromatic rings. The van der Waals surface area contributed by atoms with Crippen LogP contribution in [0.3, 0.4) is 0 Å². The Balaban J connectivity index is 1.71. The number of hydrogen-bond donors (Lipinski definition) is 0. The van der Waals surface area contributed by atoms with Crippen LogP contribution >= 0.6 is 0 Å². The molecule has 154 valence electrons. The number of hydrogen-bond acceptors (Lipinski definition) is 4. The third-order valence-corrected chi connectivity index (χ3v) is 5.11. The van der Waals surface area contributed by atoms with Crippen LogP contribution in [0.5, 0.6) is 0 Å². The Morgan fingerprint density at radius 1 is 1.07 bits per heavy atom. The molecule has 0 fully saturated rings. The average Bonchev–Trinajstić information content (AvgIpc) is 2.77. The van der Waals surface area contributed by atoms with E-state index in [1.54, 1.807) is 50.6 Å². The summed E-state index contributed by atoms with van der Waals surface area (Å²) in [4.78, 5) is 34.1. The molecule has 0 unspecified atom stereocenters. The summed E-state index contributed by atoms with van der Waals surface area (Å²) in [5.41, 5.74) is 3.91. The fraction of sp³-hybridized carbons (Fsp3) is 0.250. The van der Waals surface area contributed by atoms with Crippen LogP contribution in [0.25, 0.3) is 11.1 Å². The molecule has 6 heteroatoms. The third kappa shape index (κ3) is 4.76. The lowest BCUT2D eigenvalue weighted by Gasteiger charge is -2.17. The summed E-state index contributed by atoms with van der Waals surface area (Å²) in [6.07, 6.45) is 4.56. The second-order valence-corrected chi connectivity index (χ2v) is 7.08. The van der Waals surface area contributed by atoms with Crippen molar-refractivity contribution in [3.05, 3.63) is 77.6 Å². The predicted molar refractivity (Wildman–Crippen MR) is 115 cm³/mol. The first kappa shape index (κ1) is 21.3. The van der Waals surface area contributed by atoms with E-state index in [1.165, 1.54) is 11.0 Å². The SMILES string of the molecule is CCC(=O)N(C)c1ccc(-c2ccc(C(=O)CCc3cccnc3C)nc2)cc1F. The molecule has 2 heterocycles. The van der Waals surface area contributed by atoms with Gasteiger partial charge >= 0.3 is 0 Å². The van der Waals surface area contributed by atoms with Gasteiger partial charge < -0.3 is 4.90 Å². The molecule has 2 aromatic heterocycles. The molecule has 0 atom stereocenters. The van der Waals surface area contributed by atoms with Crippen LogP contribution in [0.15, 0.2) is 54.9 Å². The lowest BCUT2D eigenvalue weighted by molar-refractivity contribution is -0.118. The summed E-state index contributed by atoms with van der Waals surface area (Å²) >= 11 is 0. The summed E-state index contributed by atoms with van der Waals surface area (Å²) < 4.78 is 14.5. The van der Waals surface area contributed by atoms with Crippen LogP contribution < -0.4 is 4.90 Å². The maximum atomic E-state index is 14.5. The van der Waals surface area contributed by atoms with Crippen molar-refractivity contribution in [1.82, 2.24) is 9.97 Å². The van der Waals surface area contributed by atoms with Gasteiger partial charge in [0.1, 0.15) is 11.5 Å². The maximum Gasteiger partial charge on any atom is 0.226 e. The van der Waals surface area contributed by atoms with E-state index in [2.05, 4.69) is 9.97 Å². The van der Waals surface area contributed by atoms with E-state index in [1.807, 2.05) is 19.1 Å². The highest BCUT2D eigenvalue weighted by atomic mass is 19.1. The van der Waals surface area contributed by atoms with Crippen LogP contribution in [0, 0.1) is 12.7 Å². The van der Waals surface area contributed by atoms with Gasteiger partial charge in [-0.1, -0.05) is 25.1 Å². The van der Waals surface area contributed by atoms with Gasteiger partial charge in [-0.25, -0.2) is 4.39 Å². The molecular formula is C24H24FN3O2. The summed E-state index contributed by atoms with van der Waals surface area (Å²) in [5, 5.41) is 0. The van der Waals surface area contributed by atoms with Gasteiger partial charge in [-0.3, -0.25) is 19.6 Å². The zero-order chi connectivity index (χ0) is 21.7. The van der Waals surface area contributed by atoms with Crippen molar-refractivity contribution in [2.75, 3.05) is 11.9 Å². The van der Waals surface area contributed by atoms with Crippen molar-refractivity contribution in [2.24, 2.45) is 0 Å². The smallest absolute Gasteiger partial charge is 0.226 e. The molecule has 1 amide bonds.